The Hall–Kier alpha value is -2.41. The lowest BCUT2D eigenvalue weighted by atomic mass is 9.85. The van der Waals surface area contributed by atoms with Crippen LogP contribution in [0.3, 0.4) is 0 Å². The van der Waals surface area contributed by atoms with Gasteiger partial charge >= 0.3 is 6.18 Å². The first-order chi connectivity index (χ1) is 12.8. The van der Waals surface area contributed by atoms with Gasteiger partial charge in [-0.2, -0.15) is 13.2 Å². The molecular formula is C20H22F3N3O. The highest BCUT2D eigenvalue weighted by Gasteiger charge is 2.39. The highest BCUT2D eigenvalue weighted by atomic mass is 19.4. The predicted molar refractivity (Wildman–Crippen MR) is 99.1 cm³/mol. The van der Waals surface area contributed by atoms with Crippen molar-refractivity contribution in [3.8, 4) is 0 Å². The highest BCUT2D eigenvalue weighted by molar-refractivity contribution is 5.99. The first-order valence-corrected chi connectivity index (χ1v) is 8.94. The molecule has 2 aromatic rings. The number of halogens is 3. The summed E-state index contributed by atoms with van der Waals surface area (Å²) in [6, 6.07) is 7.14. The molecule has 1 aromatic carbocycles. The summed E-state index contributed by atoms with van der Waals surface area (Å²) in [7, 11) is 0. The van der Waals surface area contributed by atoms with Gasteiger partial charge < -0.3 is 11.1 Å². The lowest BCUT2D eigenvalue weighted by molar-refractivity contribution is -0.175. The number of rotatable bonds is 4. The molecule has 144 valence electrons. The zero-order valence-electron chi connectivity index (χ0n) is 15.0. The molecule has 27 heavy (non-hydrogen) atoms. The fraction of sp³-hybridized carbons (Fsp3) is 0.400. The van der Waals surface area contributed by atoms with Crippen LogP contribution in [0.15, 0.2) is 36.5 Å². The average Bonchev–Trinajstić information content (AvgIpc) is 2.64. The molecule has 7 heteroatoms. The Labute approximate surface area is 155 Å². The number of nitrogens with zero attached hydrogens (tertiary/aromatic N) is 1. The molecule has 0 aliphatic heterocycles. The number of nitrogens with one attached hydrogen (secondary N) is 1. The Balaban J connectivity index is 1.86. The number of alkyl halides is 3. The molecular weight excluding hydrogens is 355 g/mol. The smallest absolute Gasteiger partial charge is 0.350 e. The Morgan fingerprint density at radius 1 is 1.41 bits per heavy atom. The van der Waals surface area contributed by atoms with Gasteiger partial charge in [0.2, 0.25) is 0 Å². The number of pyridine rings is 1. The third-order valence-electron chi connectivity index (χ3n) is 4.78. The number of allylic oxidation sites excluding steroid dienone is 2. The number of para-hydroxylation sites is 1. The Kier molecular flexibility index (Phi) is 5.51. The van der Waals surface area contributed by atoms with Gasteiger partial charge in [0.15, 0.2) is 0 Å². The van der Waals surface area contributed by atoms with Gasteiger partial charge in [0.1, 0.15) is 0 Å². The number of benzene rings is 1. The van der Waals surface area contributed by atoms with E-state index in [9.17, 15) is 18.0 Å². The molecule has 2 atom stereocenters. The summed E-state index contributed by atoms with van der Waals surface area (Å²) in [6.07, 6.45) is -0.550. The molecule has 4 nitrogen and oxygen atoms in total. The second-order valence-electron chi connectivity index (χ2n) is 7.03. The van der Waals surface area contributed by atoms with E-state index in [2.05, 4.69) is 10.3 Å². The first kappa shape index (κ1) is 19.4. The third-order valence-corrected chi connectivity index (χ3v) is 4.78. The predicted octanol–water partition coefficient (Wildman–Crippen LogP) is 4.06. The van der Waals surface area contributed by atoms with Crippen LogP contribution in [0, 0.1) is 5.92 Å². The van der Waals surface area contributed by atoms with Crippen LogP contribution in [0.1, 0.15) is 42.1 Å². The molecule has 1 aromatic heterocycles. The van der Waals surface area contributed by atoms with Gasteiger partial charge in [0.05, 0.1) is 17.0 Å². The van der Waals surface area contributed by atoms with E-state index in [1.165, 1.54) is 6.20 Å². The quantitative estimate of drug-likeness (QED) is 0.844. The SMILES string of the molecule is C[C@@H](N)CNC(=O)c1cnc2c(C3=CC[C@@H](C(F)(F)F)CC3)cccc2c1. The van der Waals surface area contributed by atoms with Crippen LogP contribution >= 0.6 is 0 Å². The summed E-state index contributed by atoms with van der Waals surface area (Å²) in [5, 5.41) is 3.52. The van der Waals surface area contributed by atoms with E-state index in [1.807, 2.05) is 18.2 Å². The van der Waals surface area contributed by atoms with Gasteiger partial charge in [0, 0.05) is 29.7 Å². The van der Waals surface area contributed by atoms with Crippen molar-refractivity contribution < 1.29 is 18.0 Å². The lowest BCUT2D eigenvalue weighted by Crippen LogP contribution is -2.35. The number of hydrogen-bond donors (Lipinski definition) is 2. The van der Waals surface area contributed by atoms with Gasteiger partial charge in [-0.15, -0.1) is 0 Å². The Morgan fingerprint density at radius 2 is 2.19 bits per heavy atom. The zero-order valence-corrected chi connectivity index (χ0v) is 15.0. The molecule has 0 saturated carbocycles. The van der Waals surface area contributed by atoms with E-state index in [0.29, 0.717) is 24.0 Å². The van der Waals surface area contributed by atoms with E-state index >= 15 is 0 Å². The summed E-state index contributed by atoms with van der Waals surface area (Å²) in [5.41, 5.74) is 8.47. The number of carbonyl (C=O) groups excluding carboxylic acids is 1. The van der Waals surface area contributed by atoms with Crippen LogP contribution in [0.5, 0.6) is 0 Å². The standard InChI is InChI=1S/C20H22F3N3O/c1-12(24)10-26-19(27)15-9-14-3-2-4-17(18(14)25-11-15)13-5-7-16(8-6-13)20(21,22)23/h2-5,9,11-12,16H,6-8,10,24H2,1H3,(H,26,27)/t12-,16-/m1/s1. The van der Waals surface area contributed by atoms with Crippen LogP contribution < -0.4 is 11.1 Å². The maximum atomic E-state index is 12.9. The van der Waals surface area contributed by atoms with Crippen molar-refractivity contribution in [1.82, 2.24) is 10.3 Å². The first-order valence-electron chi connectivity index (χ1n) is 8.94. The number of amides is 1. The summed E-state index contributed by atoms with van der Waals surface area (Å²) in [4.78, 5) is 16.6. The van der Waals surface area contributed by atoms with Crippen LogP contribution in [0.25, 0.3) is 16.5 Å². The van der Waals surface area contributed by atoms with Crippen molar-refractivity contribution in [2.75, 3.05) is 6.54 Å². The molecule has 3 rings (SSSR count). The van der Waals surface area contributed by atoms with Gasteiger partial charge in [-0.1, -0.05) is 24.3 Å². The van der Waals surface area contributed by atoms with Gasteiger partial charge in [0.25, 0.3) is 5.91 Å². The minimum absolute atomic E-state index is 0.00696. The van der Waals surface area contributed by atoms with Crippen molar-refractivity contribution in [1.29, 1.82) is 0 Å². The summed E-state index contributed by atoms with van der Waals surface area (Å²) < 4.78 is 38.6. The number of aromatic nitrogens is 1. The van der Waals surface area contributed by atoms with Crippen molar-refractivity contribution >= 4 is 22.4 Å². The van der Waals surface area contributed by atoms with Gasteiger partial charge in [-0.3, -0.25) is 9.78 Å². The van der Waals surface area contributed by atoms with Crippen molar-refractivity contribution in [2.24, 2.45) is 11.7 Å². The molecule has 0 unspecified atom stereocenters. The molecule has 0 radical (unpaired) electrons. The average molecular weight is 377 g/mol. The van der Waals surface area contributed by atoms with E-state index in [1.54, 1.807) is 19.1 Å². The van der Waals surface area contributed by atoms with Crippen molar-refractivity contribution in [2.45, 2.75) is 38.4 Å². The van der Waals surface area contributed by atoms with Crippen molar-refractivity contribution in [3.05, 3.63) is 47.7 Å². The molecule has 1 aliphatic carbocycles. The second-order valence-corrected chi connectivity index (χ2v) is 7.03. The van der Waals surface area contributed by atoms with Gasteiger partial charge in [-0.05, 0) is 37.8 Å². The summed E-state index contributed by atoms with van der Waals surface area (Å²) >= 11 is 0. The minimum Gasteiger partial charge on any atom is -0.350 e. The summed E-state index contributed by atoms with van der Waals surface area (Å²) in [5.74, 6) is -1.53. The number of fused-ring (bicyclic) bond motifs is 1. The Bertz CT molecular complexity index is 874. The Morgan fingerprint density at radius 3 is 2.81 bits per heavy atom. The van der Waals surface area contributed by atoms with Gasteiger partial charge in [-0.25, -0.2) is 0 Å². The largest absolute Gasteiger partial charge is 0.392 e. The van der Waals surface area contributed by atoms with Crippen LogP contribution in [0.2, 0.25) is 0 Å². The topological polar surface area (TPSA) is 68.0 Å². The van der Waals surface area contributed by atoms with E-state index < -0.39 is 12.1 Å². The molecule has 1 heterocycles. The molecule has 3 N–H and O–H groups in total. The summed E-state index contributed by atoms with van der Waals surface area (Å²) in [6.45, 7) is 2.16. The molecule has 0 saturated heterocycles. The lowest BCUT2D eigenvalue weighted by Gasteiger charge is -2.24. The normalized spacial score (nSPS) is 18.9. The highest BCUT2D eigenvalue weighted by Crippen LogP contribution is 2.40. The number of hydrogen-bond acceptors (Lipinski definition) is 3. The molecule has 0 bridgehead atoms. The second kappa shape index (κ2) is 7.68. The van der Waals surface area contributed by atoms with E-state index in [4.69, 9.17) is 5.73 Å². The molecule has 0 spiro atoms. The van der Waals surface area contributed by atoms with Crippen LogP contribution in [-0.2, 0) is 0 Å². The maximum absolute atomic E-state index is 12.9. The number of nitrogens with two attached hydrogens (primary N) is 1. The van der Waals surface area contributed by atoms with Crippen LogP contribution in [0.4, 0.5) is 13.2 Å². The molecule has 1 aliphatic rings. The third kappa shape index (κ3) is 4.47. The van der Waals surface area contributed by atoms with E-state index in [-0.39, 0.29) is 24.8 Å². The minimum atomic E-state index is -4.15. The van der Waals surface area contributed by atoms with Crippen LogP contribution in [-0.4, -0.2) is 29.7 Å². The monoisotopic (exact) mass is 377 g/mol. The fourth-order valence-electron chi connectivity index (χ4n) is 3.28. The maximum Gasteiger partial charge on any atom is 0.392 e. The number of carbonyl (C=O) groups is 1. The zero-order chi connectivity index (χ0) is 19.6. The fourth-order valence-corrected chi connectivity index (χ4v) is 3.28. The van der Waals surface area contributed by atoms with Crippen molar-refractivity contribution in [3.63, 3.8) is 0 Å². The molecule has 1 amide bonds. The van der Waals surface area contributed by atoms with E-state index in [0.717, 1.165) is 16.5 Å². The molecule has 0 fully saturated rings.